The predicted octanol–water partition coefficient (Wildman–Crippen LogP) is 2.60. The predicted molar refractivity (Wildman–Crippen MR) is 72.2 cm³/mol. The monoisotopic (exact) mass is 382 g/mol. The number of carbonyl (C=O) groups is 1. The second-order valence-electron chi connectivity index (χ2n) is 3.90. The first kappa shape index (κ1) is 19.4. The summed E-state index contributed by atoms with van der Waals surface area (Å²) in [7, 11) is -7.44. The topological polar surface area (TPSA) is 75.3 Å². The minimum Gasteiger partial charge on any atom is -0.318 e. The molecule has 0 bridgehead atoms. The van der Waals surface area contributed by atoms with E-state index in [-0.39, 0.29) is 10.6 Å². The average molecular weight is 382 g/mol. The number of sulfonamides is 1. The lowest BCUT2D eigenvalue weighted by molar-refractivity contribution is -0.167. The van der Waals surface area contributed by atoms with Crippen LogP contribution in [0.1, 0.15) is 0 Å². The zero-order valence-corrected chi connectivity index (χ0v) is 12.5. The van der Waals surface area contributed by atoms with Gasteiger partial charge in [0.1, 0.15) is 0 Å². The number of hydrogen-bond donors (Lipinski definition) is 2. The second kappa shape index (κ2) is 6.49. The van der Waals surface area contributed by atoms with Crippen LogP contribution in [0.2, 0.25) is 0 Å². The van der Waals surface area contributed by atoms with Crippen LogP contribution in [0.4, 0.5) is 32.0 Å². The Morgan fingerprint density at radius 2 is 1.52 bits per heavy atom. The number of benzene rings is 1. The van der Waals surface area contributed by atoms with Gasteiger partial charge < -0.3 is 5.32 Å². The molecule has 0 aliphatic heterocycles. The van der Waals surface area contributed by atoms with E-state index in [1.165, 1.54) is 9.44 Å². The average Bonchev–Trinajstić information content (AvgIpc) is 2.36. The summed E-state index contributed by atoms with van der Waals surface area (Å²) in [6.45, 7) is 0. The molecular weight excluding hydrogens is 374 g/mol. The molecule has 0 aliphatic carbocycles. The van der Waals surface area contributed by atoms with Crippen LogP contribution in [-0.2, 0) is 14.8 Å². The molecule has 13 heteroatoms. The van der Waals surface area contributed by atoms with Gasteiger partial charge in [0.05, 0.1) is 0 Å². The number of carbonyl (C=O) groups excluding carboxylic acids is 1. The maximum Gasteiger partial charge on any atom is 0.512 e. The quantitative estimate of drug-likeness (QED) is 0.621. The summed E-state index contributed by atoms with van der Waals surface area (Å²) in [6, 6.07) is 3.99. The minimum atomic E-state index is -5.61. The van der Waals surface area contributed by atoms with E-state index in [4.69, 9.17) is 0 Å². The molecule has 130 valence electrons. The molecule has 0 saturated carbocycles. The minimum absolute atomic E-state index is 0.0252. The third kappa shape index (κ3) is 5.21. The van der Waals surface area contributed by atoms with Crippen LogP contribution in [0.5, 0.6) is 0 Å². The van der Waals surface area contributed by atoms with Crippen molar-refractivity contribution in [1.29, 1.82) is 0 Å². The van der Waals surface area contributed by atoms with Crippen molar-refractivity contribution in [3.05, 3.63) is 24.3 Å². The van der Waals surface area contributed by atoms with Crippen molar-refractivity contribution >= 4 is 38.2 Å². The Hall–Kier alpha value is -1.60. The molecule has 0 spiro atoms. The van der Waals surface area contributed by atoms with Gasteiger partial charge >= 0.3 is 27.6 Å². The summed E-state index contributed by atoms with van der Waals surface area (Å²) in [5.74, 6) is 0.982. The zero-order chi connectivity index (χ0) is 18.1. The highest BCUT2D eigenvalue weighted by Crippen LogP contribution is 2.29. The molecule has 1 rings (SSSR count). The molecule has 1 atom stereocenters. The summed E-state index contributed by atoms with van der Waals surface area (Å²) in [6.07, 6.45) is -5.10. The molecule has 0 fully saturated rings. The number of alkyl halides is 6. The summed E-state index contributed by atoms with van der Waals surface area (Å²) < 4.78 is 95.8. The molecule has 1 aromatic carbocycles. The maximum atomic E-state index is 12.2. The Morgan fingerprint density at radius 3 is 1.91 bits per heavy atom. The van der Waals surface area contributed by atoms with E-state index in [0.29, 0.717) is 0 Å². The molecule has 0 aliphatic rings. The van der Waals surface area contributed by atoms with E-state index in [0.717, 1.165) is 24.3 Å². The van der Waals surface area contributed by atoms with Gasteiger partial charge in [-0.05, 0) is 24.3 Å². The Morgan fingerprint density at radius 1 is 1.04 bits per heavy atom. The van der Waals surface area contributed by atoms with Crippen molar-refractivity contribution < 1.29 is 39.6 Å². The first-order chi connectivity index (χ1) is 10.2. The normalized spacial score (nSPS) is 14.3. The van der Waals surface area contributed by atoms with E-state index < -0.39 is 38.3 Å². The van der Waals surface area contributed by atoms with Gasteiger partial charge in [-0.2, -0.15) is 30.5 Å². The summed E-state index contributed by atoms with van der Waals surface area (Å²) >= 11 is 0. The molecule has 0 heterocycles. The van der Waals surface area contributed by atoms with Crippen LogP contribution < -0.4 is 9.44 Å². The molecular formula is C10H8F6N2O3S2. The molecule has 0 saturated heterocycles. The molecule has 23 heavy (non-hydrogen) atoms. The smallest absolute Gasteiger partial charge is 0.318 e. The number of nitrogens with one attached hydrogen (secondary N) is 2. The SMILES string of the molecule is C=S(NS(=O)(=O)C(F)(F)F)c1ccc(NC(=O)C(F)(F)F)cc1. The van der Waals surface area contributed by atoms with Gasteiger partial charge in [0.15, 0.2) is 0 Å². The van der Waals surface area contributed by atoms with Crippen molar-refractivity contribution in [1.82, 2.24) is 4.13 Å². The standard InChI is InChI=1S/C10H8F6N2O3S2/c1-22(18-23(20,21)10(14,15)16)7-4-2-6(3-5-7)17-8(19)9(11,12)13/h2-5,18H,1H2,(H,17,19). The fourth-order valence-electron chi connectivity index (χ4n) is 1.13. The van der Waals surface area contributed by atoms with E-state index >= 15 is 0 Å². The highest BCUT2D eigenvalue weighted by molar-refractivity contribution is 8.19. The van der Waals surface area contributed by atoms with Gasteiger partial charge in [-0.15, -0.1) is 0 Å². The highest BCUT2D eigenvalue weighted by Gasteiger charge is 2.46. The number of anilines is 1. The van der Waals surface area contributed by atoms with Gasteiger partial charge in [-0.3, -0.25) is 4.79 Å². The van der Waals surface area contributed by atoms with Crippen molar-refractivity contribution in [3.8, 4) is 0 Å². The van der Waals surface area contributed by atoms with Crippen LogP contribution in [0.3, 0.4) is 0 Å². The van der Waals surface area contributed by atoms with Gasteiger partial charge in [0.25, 0.3) is 0 Å². The first-order valence-corrected chi connectivity index (χ1v) is 8.22. The second-order valence-corrected chi connectivity index (χ2v) is 7.29. The number of rotatable bonds is 4. The first-order valence-electron chi connectivity index (χ1n) is 5.35. The zero-order valence-electron chi connectivity index (χ0n) is 10.8. The van der Waals surface area contributed by atoms with Crippen LogP contribution in [0.25, 0.3) is 0 Å². The largest absolute Gasteiger partial charge is 0.512 e. The fraction of sp³-hybridized carbons (Fsp3) is 0.200. The van der Waals surface area contributed by atoms with Crippen molar-refractivity contribution in [2.75, 3.05) is 5.32 Å². The number of halogens is 6. The maximum absolute atomic E-state index is 12.2. The van der Waals surface area contributed by atoms with Gasteiger partial charge in [-0.25, -0.2) is 8.42 Å². The summed E-state index contributed by atoms with van der Waals surface area (Å²) in [5, 5.41) is 1.52. The lowest BCUT2D eigenvalue weighted by Gasteiger charge is -2.13. The van der Waals surface area contributed by atoms with Gasteiger partial charge in [0.2, 0.25) is 0 Å². The molecule has 1 unspecified atom stereocenters. The summed E-state index contributed by atoms with van der Waals surface area (Å²) in [5.41, 5.74) is -5.79. The number of amides is 1. The van der Waals surface area contributed by atoms with Crippen LogP contribution in [-0.4, -0.2) is 31.9 Å². The molecule has 1 amide bonds. The Bertz CT molecular complexity index is 710. The van der Waals surface area contributed by atoms with E-state index in [1.54, 1.807) is 0 Å². The van der Waals surface area contributed by atoms with E-state index in [1.807, 2.05) is 0 Å². The van der Waals surface area contributed by atoms with E-state index in [2.05, 4.69) is 5.87 Å². The third-order valence-corrected chi connectivity index (χ3v) is 5.30. The molecule has 5 nitrogen and oxygen atoms in total. The molecule has 1 aromatic rings. The lowest BCUT2D eigenvalue weighted by Crippen LogP contribution is -2.33. The Labute approximate surface area is 128 Å². The van der Waals surface area contributed by atoms with Crippen molar-refractivity contribution in [2.24, 2.45) is 0 Å². The van der Waals surface area contributed by atoms with Crippen LogP contribution in [0, 0.1) is 0 Å². The summed E-state index contributed by atoms with van der Waals surface area (Å²) in [4.78, 5) is 10.7. The Balaban J connectivity index is 2.85. The Kier molecular flexibility index (Phi) is 5.49. The van der Waals surface area contributed by atoms with Gasteiger partial charge in [-0.1, -0.05) is 16.5 Å². The van der Waals surface area contributed by atoms with Crippen LogP contribution in [0.15, 0.2) is 29.2 Å². The van der Waals surface area contributed by atoms with E-state index in [9.17, 15) is 39.6 Å². The third-order valence-electron chi connectivity index (χ3n) is 2.17. The molecule has 0 aromatic heterocycles. The van der Waals surface area contributed by atoms with Crippen molar-refractivity contribution in [3.63, 3.8) is 0 Å². The van der Waals surface area contributed by atoms with Crippen LogP contribution >= 0.6 is 10.7 Å². The highest BCUT2D eigenvalue weighted by atomic mass is 32.3. The number of hydrogen-bond acceptors (Lipinski definition) is 3. The van der Waals surface area contributed by atoms with Crippen molar-refractivity contribution in [2.45, 2.75) is 16.6 Å². The van der Waals surface area contributed by atoms with Gasteiger partial charge in [0, 0.05) is 10.6 Å². The molecule has 0 radical (unpaired) electrons. The fourth-order valence-corrected chi connectivity index (χ4v) is 3.42. The molecule has 2 N–H and O–H groups in total. The lowest BCUT2D eigenvalue weighted by atomic mass is 10.3.